The second-order valence-corrected chi connectivity index (χ2v) is 1.75. The Labute approximate surface area is 86.4 Å². The van der Waals surface area contributed by atoms with Crippen molar-refractivity contribution in [3.63, 3.8) is 0 Å². The van der Waals surface area contributed by atoms with Crippen LogP contribution in [0.2, 0.25) is 0 Å². The van der Waals surface area contributed by atoms with Gasteiger partial charge < -0.3 is 16.5 Å². The van der Waals surface area contributed by atoms with Gasteiger partial charge in [-0.15, -0.1) is 0 Å². The van der Waals surface area contributed by atoms with Crippen LogP contribution in [-0.2, 0) is 9.59 Å². The molecule has 0 atom stereocenters. The molecule has 0 aromatic rings. The first-order valence-electron chi connectivity index (χ1n) is 1.82. The summed E-state index contributed by atoms with van der Waals surface area (Å²) in [5.41, 5.74) is 9.02. The minimum atomic E-state index is -1.82. The summed E-state index contributed by atoms with van der Waals surface area (Å²) in [6, 6.07) is 0. The molecular weight excluding hydrogens is 208 g/mol. The Bertz CT molecular complexity index is 128. The van der Waals surface area contributed by atoms with Crippen LogP contribution in [0.15, 0.2) is 0 Å². The fourth-order valence-corrected chi connectivity index (χ4v) is 0. The van der Waals surface area contributed by atoms with Gasteiger partial charge in [0.15, 0.2) is 8.45 Å². The molecule has 0 heterocycles. The van der Waals surface area contributed by atoms with E-state index in [1.54, 1.807) is 0 Å². The van der Waals surface area contributed by atoms with Crippen molar-refractivity contribution in [1.29, 1.82) is 0 Å². The van der Waals surface area contributed by atoms with Crippen LogP contribution in [0, 0.1) is 0 Å². The third-order valence-corrected chi connectivity index (χ3v) is 0.183. The second kappa shape index (κ2) is 17.7. The van der Waals surface area contributed by atoms with E-state index in [4.69, 9.17) is 24.7 Å². The van der Waals surface area contributed by atoms with Crippen LogP contribution in [-0.4, -0.2) is 27.0 Å². The van der Waals surface area contributed by atoms with Crippen molar-refractivity contribution in [3.8, 4) is 0 Å². The third-order valence-electron chi connectivity index (χ3n) is 0.183. The van der Waals surface area contributed by atoms with Gasteiger partial charge in [-0.05, 0) is 0 Å². The molecule has 11 heteroatoms. The predicted octanol–water partition coefficient (Wildman–Crippen LogP) is -4.30. The zero-order valence-electron chi connectivity index (χ0n) is 7.58. The van der Waals surface area contributed by atoms with Crippen LogP contribution < -0.4 is 29.9 Å². The number of carbonyl (C=O) groups is 2. The third kappa shape index (κ3) is 80.3. The quantitative estimate of drug-likeness (QED) is 0.157. The molecule has 0 aromatic carbocycles. The minimum absolute atomic E-state index is 0. The molecule has 0 rings (SSSR count). The molecule has 0 saturated carbocycles. The van der Waals surface area contributed by atoms with Crippen LogP contribution in [0.25, 0.3) is 0 Å². The molecule has 0 aliphatic rings. The van der Waals surface area contributed by atoms with E-state index in [0.717, 1.165) is 0 Å². The number of carboxylic acids is 2. The van der Waals surface area contributed by atoms with Crippen molar-refractivity contribution in [2.24, 2.45) is 11.0 Å². The molecule has 7 N–H and O–H groups in total. The summed E-state index contributed by atoms with van der Waals surface area (Å²) in [6.07, 6.45) is 0. The van der Waals surface area contributed by atoms with E-state index in [-0.39, 0.29) is 29.7 Å². The van der Waals surface area contributed by atoms with E-state index >= 15 is 0 Å². The number of aliphatic carboxylic acids is 2. The van der Waals surface area contributed by atoms with Gasteiger partial charge in [-0.1, -0.05) is 0 Å². The number of carboxylic acid groups (broad SMARTS) is 2. The van der Waals surface area contributed by atoms with Gasteiger partial charge in [-0.25, -0.2) is 9.59 Å². The Morgan fingerprint density at radius 1 is 1.08 bits per heavy atom. The predicted molar refractivity (Wildman–Crippen MR) is 38.9 cm³/mol. The molecule has 0 bridgehead atoms. The maximum Gasteiger partial charge on any atom is 1.00 e. The largest absolute Gasteiger partial charge is 1.00 e. The monoisotopic (exact) mass is 218 g/mol. The maximum absolute atomic E-state index is 9.10. The molecule has 0 aromatic heterocycles. The molecule has 7 nitrogen and oxygen atoms in total. The fourth-order valence-electron chi connectivity index (χ4n) is 0. The topological polar surface area (TPSA) is 147 Å². The molecule has 0 aliphatic carbocycles. The minimum Gasteiger partial charge on any atom is -1.00 e. The SMILES string of the molecule is F.F.NP(N)O.O=C(O)C(=O)O.[H-].[Li+]. The second-order valence-electron chi connectivity index (χ2n) is 0.990. The van der Waals surface area contributed by atoms with Gasteiger partial charge in [-0.3, -0.25) is 20.4 Å². The van der Waals surface area contributed by atoms with Crippen molar-refractivity contribution in [2.75, 3.05) is 0 Å². The molecule has 0 saturated heterocycles. The molecule has 0 spiro atoms. The number of rotatable bonds is 0. The first-order valence-corrected chi connectivity index (χ1v) is 3.25. The van der Waals surface area contributed by atoms with Crippen LogP contribution >= 0.6 is 8.45 Å². The summed E-state index contributed by atoms with van der Waals surface area (Å²) in [5.74, 6) is -3.65. The van der Waals surface area contributed by atoms with Gasteiger partial charge in [0, 0.05) is 0 Å². The first-order chi connectivity index (χ1) is 4.37. The average molecular weight is 218 g/mol. The van der Waals surface area contributed by atoms with E-state index in [1.807, 2.05) is 0 Å². The number of halogens is 2. The Morgan fingerprint density at radius 2 is 1.15 bits per heavy atom. The molecule has 13 heavy (non-hydrogen) atoms. The van der Waals surface area contributed by atoms with Crippen molar-refractivity contribution in [1.82, 2.24) is 0 Å². The van der Waals surface area contributed by atoms with Crippen LogP contribution in [0.5, 0.6) is 0 Å². The van der Waals surface area contributed by atoms with Crippen molar-refractivity contribution < 1.29 is 54.4 Å². The van der Waals surface area contributed by atoms with Gasteiger partial charge in [0.2, 0.25) is 0 Å². The van der Waals surface area contributed by atoms with Gasteiger partial charge in [0.25, 0.3) is 0 Å². The van der Waals surface area contributed by atoms with Gasteiger partial charge in [0.05, 0.1) is 0 Å². The Hall–Kier alpha value is -0.293. The first kappa shape index (κ1) is 29.3. The Morgan fingerprint density at radius 3 is 1.15 bits per heavy atom. The molecule has 0 aliphatic heterocycles. The van der Waals surface area contributed by atoms with Crippen LogP contribution in [0.3, 0.4) is 0 Å². The smallest absolute Gasteiger partial charge is 1.00 e. The van der Waals surface area contributed by atoms with Crippen LogP contribution in [0.1, 0.15) is 1.43 Å². The Balaban J connectivity index is -0.0000000185. The normalized spacial score (nSPS) is 6.15. The molecule has 78 valence electrons. The zero-order valence-corrected chi connectivity index (χ0v) is 7.47. The van der Waals surface area contributed by atoms with E-state index in [2.05, 4.69) is 11.0 Å². The van der Waals surface area contributed by atoms with E-state index < -0.39 is 20.4 Å². The Kier molecular flexibility index (Phi) is 39.9. The fraction of sp³-hybridized carbons (Fsp3) is 0. The summed E-state index contributed by atoms with van der Waals surface area (Å²) in [6.45, 7) is 0. The molecular formula is C2H10F2LiN2O5P. The van der Waals surface area contributed by atoms with Crippen molar-refractivity contribution in [3.05, 3.63) is 0 Å². The molecule has 0 fully saturated rings. The van der Waals surface area contributed by atoms with Crippen molar-refractivity contribution >= 4 is 20.4 Å². The summed E-state index contributed by atoms with van der Waals surface area (Å²) >= 11 is 0. The standard InChI is InChI=1S/C2H2O4.2FH.Li.H5N2OP.H/c3-1(4)2(5)6;;;;1-4(2)3;/h(H,3,4)(H,5,6);2*1H;;3H,1-2H2;/q;;;+1;;-1. The van der Waals surface area contributed by atoms with Gasteiger partial charge in [0.1, 0.15) is 0 Å². The van der Waals surface area contributed by atoms with E-state index in [9.17, 15) is 0 Å². The zero-order chi connectivity index (χ0) is 8.73. The van der Waals surface area contributed by atoms with Crippen molar-refractivity contribution in [2.45, 2.75) is 0 Å². The maximum atomic E-state index is 9.10. The summed E-state index contributed by atoms with van der Waals surface area (Å²) < 4.78 is 0. The van der Waals surface area contributed by atoms with E-state index in [0.29, 0.717) is 0 Å². The van der Waals surface area contributed by atoms with Gasteiger partial charge >= 0.3 is 30.8 Å². The molecule has 0 radical (unpaired) electrons. The number of hydrogen-bond acceptors (Lipinski definition) is 5. The molecule has 0 amide bonds. The average Bonchev–Trinajstić information content (AvgIpc) is 1.63. The summed E-state index contributed by atoms with van der Waals surface area (Å²) in [7, 11) is -1.62. The number of nitrogens with two attached hydrogens (primary N) is 2. The molecule has 0 unspecified atom stereocenters. The van der Waals surface area contributed by atoms with Gasteiger partial charge in [-0.2, -0.15) is 0 Å². The summed E-state index contributed by atoms with van der Waals surface area (Å²) in [5, 5.41) is 14.8. The summed E-state index contributed by atoms with van der Waals surface area (Å²) in [4.78, 5) is 25.9. The van der Waals surface area contributed by atoms with E-state index in [1.165, 1.54) is 0 Å². The number of hydrogen-bond donors (Lipinski definition) is 5. The van der Waals surface area contributed by atoms with Crippen LogP contribution in [0.4, 0.5) is 9.41 Å².